The first-order valence-corrected chi connectivity index (χ1v) is 9.10. The number of imidazole rings is 1. The SMILES string of the molecule is CC(C)(O)c1ccc(-n2cnc(-c3c(-c4ccc(F)cc4)noc3C(F)(F)F)c2)nc1. The van der Waals surface area contributed by atoms with Crippen molar-refractivity contribution in [3.8, 4) is 28.3 Å². The highest BCUT2D eigenvalue weighted by molar-refractivity contribution is 5.80. The normalized spacial score (nSPS) is 12.4. The van der Waals surface area contributed by atoms with Crippen LogP contribution in [0.15, 0.2) is 59.6 Å². The van der Waals surface area contributed by atoms with Gasteiger partial charge in [-0.2, -0.15) is 13.2 Å². The van der Waals surface area contributed by atoms with Crippen LogP contribution in [0.2, 0.25) is 0 Å². The highest BCUT2D eigenvalue weighted by atomic mass is 19.4. The van der Waals surface area contributed by atoms with Gasteiger partial charge in [0.2, 0.25) is 5.76 Å². The molecule has 3 heterocycles. The highest BCUT2D eigenvalue weighted by Gasteiger charge is 2.41. The summed E-state index contributed by atoms with van der Waals surface area (Å²) in [5, 5.41) is 13.6. The van der Waals surface area contributed by atoms with E-state index in [9.17, 15) is 22.7 Å². The second kappa shape index (κ2) is 7.31. The van der Waals surface area contributed by atoms with Gasteiger partial charge in [0.1, 0.15) is 23.7 Å². The fourth-order valence-electron chi connectivity index (χ4n) is 3.00. The molecule has 0 unspecified atom stereocenters. The van der Waals surface area contributed by atoms with Crippen LogP contribution >= 0.6 is 0 Å². The molecule has 0 aliphatic carbocycles. The maximum Gasteiger partial charge on any atom is 0.453 e. The van der Waals surface area contributed by atoms with Gasteiger partial charge in [-0.15, -0.1) is 0 Å². The van der Waals surface area contributed by atoms with Gasteiger partial charge in [-0.3, -0.25) is 4.57 Å². The molecule has 10 heteroatoms. The molecule has 0 fully saturated rings. The summed E-state index contributed by atoms with van der Waals surface area (Å²) in [5.74, 6) is -1.45. The summed E-state index contributed by atoms with van der Waals surface area (Å²) in [4.78, 5) is 8.32. The van der Waals surface area contributed by atoms with Gasteiger partial charge in [-0.25, -0.2) is 14.4 Å². The molecule has 0 aliphatic heterocycles. The number of alkyl halides is 3. The second-order valence-corrected chi connectivity index (χ2v) is 7.37. The number of hydrogen-bond donors (Lipinski definition) is 1. The molecular weight excluding hydrogens is 416 g/mol. The van der Waals surface area contributed by atoms with Gasteiger partial charge in [0, 0.05) is 23.5 Å². The van der Waals surface area contributed by atoms with Crippen LogP contribution in [-0.2, 0) is 11.8 Å². The van der Waals surface area contributed by atoms with Crippen LogP contribution in [0.25, 0.3) is 28.3 Å². The number of aromatic nitrogens is 4. The molecule has 1 N–H and O–H groups in total. The zero-order valence-corrected chi connectivity index (χ0v) is 16.4. The van der Waals surface area contributed by atoms with Gasteiger partial charge in [-0.1, -0.05) is 11.2 Å². The van der Waals surface area contributed by atoms with E-state index in [-0.39, 0.29) is 22.5 Å². The maximum atomic E-state index is 13.5. The summed E-state index contributed by atoms with van der Waals surface area (Å²) in [6, 6.07) is 8.13. The van der Waals surface area contributed by atoms with Crippen LogP contribution in [0.5, 0.6) is 0 Å². The summed E-state index contributed by atoms with van der Waals surface area (Å²) in [6.07, 6.45) is -0.666. The van der Waals surface area contributed by atoms with Crippen LogP contribution in [-0.4, -0.2) is 24.8 Å². The molecule has 0 aliphatic rings. The highest BCUT2D eigenvalue weighted by Crippen LogP contribution is 2.42. The molecule has 6 nitrogen and oxygen atoms in total. The molecule has 0 bridgehead atoms. The van der Waals surface area contributed by atoms with Gasteiger partial charge < -0.3 is 9.63 Å². The van der Waals surface area contributed by atoms with E-state index in [0.29, 0.717) is 11.4 Å². The van der Waals surface area contributed by atoms with E-state index in [2.05, 4.69) is 19.6 Å². The minimum atomic E-state index is -4.81. The predicted octanol–water partition coefficient (Wildman–Crippen LogP) is 4.97. The lowest BCUT2D eigenvalue weighted by Crippen LogP contribution is -2.15. The standard InChI is InChI=1S/C21H16F4N4O2/c1-20(2,30)13-5-8-16(26-9-13)29-10-15(27-11-29)17-18(12-3-6-14(22)7-4-12)28-31-19(17)21(23,24)25/h3-11,30H,1-2H3. The number of halogens is 4. The van der Waals surface area contributed by atoms with Crippen molar-refractivity contribution in [3.05, 3.63) is 72.3 Å². The first-order chi connectivity index (χ1) is 14.5. The Labute approximate surface area is 173 Å². The predicted molar refractivity (Wildman–Crippen MR) is 102 cm³/mol. The Morgan fingerprint density at radius 1 is 1.00 bits per heavy atom. The Bertz CT molecular complexity index is 1200. The third-order valence-electron chi connectivity index (χ3n) is 4.62. The molecule has 3 aromatic heterocycles. The molecule has 0 atom stereocenters. The number of nitrogens with zero attached hydrogens (tertiary/aromatic N) is 4. The van der Waals surface area contributed by atoms with Crippen molar-refractivity contribution in [2.45, 2.75) is 25.6 Å². The summed E-state index contributed by atoms with van der Waals surface area (Å²) >= 11 is 0. The summed E-state index contributed by atoms with van der Waals surface area (Å²) < 4.78 is 59.9. The second-order valence-electron chi connectivity index (χ2n) is 7.37. The zero-order valence-electron chi connectivity index (χ0n) is 16.4. The lowest BCUT2D eigenvalue weighted by Gasteiger charge is -2.17. The van der Waals surface area contributed by atoms with Crippen molar-refractivity contribution in [1.29, 1.82) is 0 Å². The molecule has 1 aromatic carbocycles. The Kier molecular flexibility index (Phi) is 4.89. The molecule has 0 amide bonds. The largest absolute Gasteiger partial charge is 0.453 e. The average molecular weight is 432 g/mol. The number of hydrogen-bond acceptors (Lipinski definition) is 5. The summed E-state index contributed by atoms with van der Waals surface area (Å²) in [7, 11) is 0. The lowest BCUT2D eigenvalue weighted by molar-refractivity contribution is -0.154. The van der Waals surface area contributed by atoms with Gasteiger partial charge >= 0.3 is 6.18 Å². The van der Waals surface area contributed by atoms with Crippen molar-refractivity contribution < 1.29 is 27.2 Å². The number of benzene rings is 1. The smallest absolute Gasteiger partial charge is 0.386 e. The molecule has 160 valence electrons. The van der Waals surface area contributed by atoms with Crippen molar-refractivity contribution >= 4 is 0 Å². The number of pyridine rings is 1. The van der Waals surface area contributed by atoms with Crippen molar-refractivity contribution in [3.63, 3.8) is 0 Å². The van der Waals surface area contributed by atoms with E-state index in [1.807, 2.05) is 0 Å². The summed E-state index contributed by atoms with van der Waals surface area (Å²) in [6.45, 7) is 3.22. The molecule has 31 heavy (non-hydrogen) atoms. The average Bonchev–Trinajstić information content (AvgIpc) is 3.35. The van der Waals surface area contributed by atoms with Gasteiger partial charge in [0.05, 0.1) is 16.9 Å². The van der Waals surface area contributed by atoms with Crippen LogP contribution in [0.3, 0.4) is 0 Å². The van der Waals surface area contributed by atoms with E-state index in [0.717, 1.165) is 12.1 Å². The fourth-order valence-corrected chi connectivity index (χ4v) is 3.00. The van der Waals surface area contributed by atoms with Crippen LogP contribution in [0.1, 0.15) is 25.2 Å². The number of aliphatic hydroxyl groups is 1. The van der Waals surface area contributed by atoms with Crippen molar-refractivity contribution in [2.75, 3.05) is 0 Å². The molecule has 4 rings (SSSR count). The van der Waals surface area contributed by atoms with Gasteiger partial charge in [0.25, 0.3) is 0 Å². The van der Waals surface area contributed by atoms with E-state index < -0.39 is 23.4 Å². The van der Waals surface area contributed by atoms with Gasteiger partial charge in [-0.05, 0) is 44.2 Å². The number of rotatable bonds is 4. The van der Waals surface area contributed by atoms with Crippen molar-refractivity contribution in [2.24, 2.45) is 0 Å². The Morgan fingerprint density at radius 2 is 1.71 bits per heavy atom. The third-order valence-corrected chi connectivity index (χ3v) is 4.62. The molecule has 4 aromatic rings. The van der Waals surface area contributed by atoms with Crippen LogP contribution < -0.4 is 0 Å². The molecule has 0 saturated carbocycles. The van der Waals surface area contributed by atoms with Crippen LogP contribution in [0.4, 0.5) is 17.6 Å². The van der Waals surface area contributed by atoms with E-state index >= 15 is 0 Å². The minimum absolute atomic E-state index is 0.0405. The first kappa shape index (κ1) is 20.7. The molecule has 0 radical (unpaired) electrons. The Morgan fingerprint density at radius 3 is 2.29 bits per heavy atom. The Balaban J connectivity index is 1.79. The zero-order chi connectivity index (χ0) is 22.4. The third kappa shape index (κ3) is 4.06. The topological polar surface area (TPSA) is 77.0 Å². The van der Waals surface area contributed by atoms with E-state index in [1.165, 1.54) is 35.4 Å². The maximum absolute atomic E-state index is 13.5. The van der Waals surface area contributed by atoms with Crippen LogP contribution in [0, 0.1) is 5.82 Å². The quantitative estimate of drug-likeness (QED) is 0.461. The molecular formula is C21H16F4N4O2. The Hall–Kier alpha value is -3.53. The summed E-state index contributed by atoms with van der Waals surface area (Å²) in [5.41, 5.74) is -0.763. The monoisotopic (exact) mass is 432 g/mol. The van der Waals surface area contributed by atoms with E-state index in [4.69, 9.17) is 0 Å². The minimum Gasteiger partial charge on any atom is -0.386 e. The molecule has 0 saturated heterocycles. The van der Waals surface area contributed by atoms with Gasteiger partial charge in [0.15, 0.2) is 0 Å². The van der Waals surface area contributed by atoms with Crippen molar-refractivity contribution in [1.82, 2.24) is 19.7 Å². The lowest BCUT2D eigenvalue weighted by atomic mass is 10.0. The molecule has 0 spiro atoms. The first-order valence-electron chi connectivity index (χ1n) is 9.10. The van der Waals surface area contributed by atoms with E-state index in [1.54, 1.807) is 26.0 Å². The fraction of sp³-hybridized carbons (Fsp3) is 0.190.